The molecule has 0 bridgehead atoms. The van der Waals surface area contributed by atoms with E-state index in [2.05, 4.69) is 53.3 Å². The van der Waals surface area contributed by atoms with Gasteiger partial charge in [-0.15, -0.1) is 10.2 Å². The number of aryl methyl sites for hydroxylation is 2. The van der Waals surface area contributed by atoms with Crippen LogP contribution in [0.3, 0.4) is 0 Å². The molecule has 0 saturated carbocycles. The van der Waals surface area contributed by atoms with Crippen molar-refractivity contribution < 1.29 is 9.53 Å². The van der Waals surface area contributed by atoms with Crippen molar-refractivity contribution in [2.45, 2.75) is 27.7 Å². The predicted octanol–water partition coefficient (Wildman–Crippen LogP) is 5.80. The van der Waals surface area contributed by atoms with Crippen LogP contribution in [-0.4, -0.2) is 41.1 Å². The second-order valence-corrected chi connectivity index (χ2v) is 8.52. The van der Waals surface area contributed by atoms with Gasteiger partial charge in [-0.05, 0) is 87.4 Å². The fraction of sp³-hybridized carbons (Fsp3) is 0.269. The molecule has 0 atom stereocenters. The Morgan fingerprint density at radius 2 is 1.71 bits per heavy atom. The van der Waals surface area contributed by atoms with Gasteiger partial charge in [0.05, 0.1) is 18.4 Å². The average Bonchev–Trinajstić information content (AvgIpc) is 3.22. The second-order valence-electron chi connectivity index (χ2n) is 8.09. The van der Waals surface area contributed by atoms with Crippen molar-refractivity contribution in [1.29, 1.82) is 0 Å². The van der Waals surface area contributed by atoms with Crippen LogP contribution in [0.4, 0.5) is 11.4 Å². The molecule has 1 heterocycles. The van der Waals surface area contributed by atoms with Crippen molar-refractivity contribution in [3.8, 4) is 11.4 Å². The first-order valence-electron chi connectivity index (χ1n) is 11.2. The zero-order chi connectivity index (χ0) is 24.4. The van der Waals surface area contributed by atoms with E-state index in [1.54, 1.807) is 23.0 Å². The summed E-state index contributed by atoms with van der Waals surface area (Å²) in [4.78, 5) is 16.9. The molecule has 4 rings (SSSR count). The topological polar surface area (TPSA) is 72.3 Å². The van der Waals surface area contributed by atoms with Crippen molar-refractivity contribution in [3.05, 3.63) is 70.2 Å². The SMILES string of the molecule is CCN(CC)c1ccc(-n2nc3cc(C)c(NC(=O)c4cc(Cl)ccc4OC)cc3n2)c(C)c1. The van der Waals surface area contributed by atoms with Gasteiger partial charge in [0.1, 0.15) is 16.8 Å². The van der Waals surface area contributed by atoms with Crippen molar-refractivity contribution in [3.63, 3.8) is 0 Å². The molecule has 0 aliphatic rings. The Balaban J connectivity index is 1.66. The second kappa shape index (κ2) is 9.73. The molecule has 34 heavy (non-hydrogen) atoms. The van der Waals surface area contributed by atoms with Gasteiger partial charge in [0.15, 0.2) is 0 Å². The number of rotatable bonds is 7. The molecular weight excluding hydrogens is 450 g/mol. The third-order valence-electron chi connectivity index (χ3n) is 5.91. The summed E-state index contributed by atoms with van der Waals surface area (Å²) in [5.74, 6) is 0.146. The first kappa shape index (κ1) is 23.6. The number of carbonyl (C=O) groups is 1. The molecule has 0 saturated heterocycles. The number of hydrogen-bond donors (Lipinski definition) is 1. The van der Waals surface area contributed by atoms with E-state index in [9.17, 15) is 4.79 Å². The van der Waals surface area contributed by atoms with Crippen LogP contribution in [0, 0.1) is 13.8 Å². The van der Waals surface area contributed by atoms with Gasteiger partial charge in [0.25, 0.3) is 5.91 Å². The summed E-state index contributed by atoms with van der Waals surface area (Å²) >= 11 is 6.09. The van der Waals surface area contributed by atoms with Gasteiger partial charge in [-0.1, -0.05) is 11.6 Å². The summed E-state index contributed by atoms with van der Waals surface area (Å²) in [5, 5.41) is 12.8. The monoisotopic (exact) mass is 477 g/mol. The van der Waals surface area contributed by atoms with E-state index in [0.29, 0.717) is 27.5 Å². The fourth-order valence-electron chi connectivity index (χ4n) is 4.01. The zero-order valence-corrected chi connectivity index (χ0v) is 20.8. The molecule has 176 valence electrons. The lowest BCUT2D eigenvalue weighted by molar-refractivity contribution is 0.102. The maximum Gasteiger partial charge on any atom is 0.259 e. The standard InChI is InChI=1S/C26H28ClN5O2/c1-6-31(7-2)19-9-10-24(17(4)12-19)32-29-22-13-16(3)21(15-23(22)30-32)28-26(33)20-14-18(27)8-11-25(20)34-5/h8-15H,6-7H2,1-5H3,(H,28,33). The minimum atomic E-state index is -0.308. The van der Waals surface area contributed by atoms with Crippen LogP contribution in [0.1, 0.15) is 35.3 Å². The van der Waals surface area contributed by atoms with Gasteiger partial charge in [-0.3, -0.25) is 4.79 Å². The van der Waals surface area contributed by atoms with E-state index < -0.39 is 0 Å². The van der Waals surface area contributed by atoms with Crippen LogP contribution in [0.25, 0.3) is 16.7 Å². The minimum Gasteiger partial charge on any atom is -0.496 e. The third kappa shape index (κ3) is 4.56. The molecule has 1 aromatic heterocycles. The third-order valence-corrected chi connectivity index (χ3v) is 6.14. The highest BCUT2D eigenvalue weighted by Gasteiger charge is 2.16. The van der Waals surface area contributed by atoms with Crippen molar-refractivity contribution in [1.82, 2.24) is 15.0 Å². The summed E-state index contributed by atoms with van der Waals surface area (Å²) < 4.78 is 5.31. The zero-order valence-electron chi connectivity index (χ0n) is 20.0. The number of fused-ring (bicyclic) bond motifs is 1. The van der Waals surface area contributed by atoms with E-state index in [0.717, 1.165) is 35.4 Å². The van der Waals surface area contributed by atoms with Crippen LogP contribution in [0.5, 0.6) is 5.75 Å². The van der Waals surface area contributed by atoms with Crippen LogP contribution in [0.2, 0.25) is 5.02 Å². The molecule has 0 radical (unpaired) electrons. The van der Waals surface area contributed by atoms with E-state index in [4.69, 9.17) is 16.3 Å². The van der Waals surface area contributed by atoms with Gasteiger partial charge in [-0.2, -0.15) is 4.80 Å². The number of ether oxygens (including phenoxy) is 1. The Morgan fingerprint density at radius 3 is 2.35 bits per heavy atom. The molecule has 1 N–H and O–H groups in total. The van der Waals surface area contributed by atoms with E-state index in [1.165, 1.54) is 12.8 Å². The molecule has 0 unspecified atom stereocenters. The van der Waals surface area contributed by atoms with Crippen LogP contribution < -0.4 is 15.0 Å². The summed E-state index contributed by atoms with van der Waals surface area (Å²) in [6.45, 7) is 10.2. The maximum absolute atomic E-state index is 12.9. The molecule has 3 aromatic carbocycles. The van der Waals surface area contributed by atoms with Crippen LogP contribution in [-0.2, 0) is 0 Å². The molecule has 8 heteroatoms. The lowest BCUT2D eigenvalue weighted by atomic mass is 10.1. The van der Waals surface area contributed by atoms with Crippen molar-refractivity contribution in [2.24, 2.45) is 0 Å². The highest BCUT2D eigenvalue weighted by molar-refractivity contribution is 6.31. The van der Waals surface area contributed by atoms with Crippen molar-refractivity contribution in [2.75, 3.05) is 30.4 Å². The summed E-state index contributed by atoms with van der Waals surface area (Å²) in [6, 6.07) is 15.0. The Morgan fingerprint density at radius 1 is 1.00 bits per heavy atom. The van der Waals surface area contributed by atoms with E-state index in [-0.39, 0.29) is 5.91 Å². The molecule has 4 aromatic rings. The number of amides is 1. The minimum absolute atomic E-state index is 0.308. The Bertz CT molecular complexity index is 1360. The number of nitrogens with one attached hydrogen (secondary N) is 1. The Kier molecular flexibility index (Phi) is 6.75. The van der Waals surface area contributed by atoms with Crippen LogP contribution >= 0.6 is 11.6 Å². The Hall–Kier alpha value is -3.58. The number of halogens is 1. The highest BCUT2D eigenvalue weighted by atomic mass is 35.5. The van der Waals surface area contributed by atoms with E-state index >= 15 is 0 Å². The first-order chi connectivity index (χ1) is 16.3. The van der Waals surface area contributed by atoms with Crippen molar-refractivity contribution >= 4 is 39.9 Å². The largest absolute Gasteiger partial charge is 0.496 e. The number of anilines is 2. The normalized spacial score (nSPS) is 11.0. The lowest BCUT2D eigenvalue weighted by Crippen LogP contribution is -2.21. The van der Waals surface area contributed by atoms with Gasteiger partial charge < -0.3 is 15.0 Å². The molecular formula is C26H28ClN5O2. The number of nitrogens with zero attached hydrogens (tertiary/aromatic N) is 4. The molecule has 1 amide bonds. The molecule has 0 spiro atoms. The molecule has 7 nitrogen and oxygen atoms in total. The van der Waals surface area contributed by atoms with Gasteiger partial charge in [-0.25, -0.2) is 0 Å². The number of carbonyl (C=O) groups excluding carboxylic acids is 1. The van der Waals surface area contributed by atoms with Crippen LogP contribution in [0.15, 0.2) is 48.5 Å². The summed E-state index contributed by atoms with van der Waals surface area (Å²) in [5.41, 5.74) is 6.52. The number of benzene rings is 3. The van der Waals surface area contributed by atoms with Gasteiger partial charge in [0, 0.05) is 29.5 Å². The Labute approximate surface area is 204 Å². The first-order valence-corrected chi connectivity index (χ1v) is 11.6. The van der Waals surface area contributed by atoms with E-state index in [1.807, 2.05) is 25.1 Å². The predicted molar refractivity (Wildman–Crippen MR) is 138 cm³/mol. The average molecular weight is 478 g/mol. The summed E-state index contributed by atoms with van der Waals surface area (Å²) in [6.07, 6.45) is 0. The molecule has 0 aliphatic heterocycles. The molecule has 0 aliphatic carbocycles. The molecule has 0 fully saturated rings. The summed E-state index contributed by atoms with van der Waals surface area (Å²) in [7, 11) is 1.52. The van der Waals surface area contributed by atoms with Gasteiger partial charge in [0.2, 0.25) is 0 Å². The maximum atomic E-state index is 12.9. The number of hydrogen-bond acceptors (Lipinski definition) is 5. The van der Waals surface area contributed by atoms with Gasteiger partial charge >= 0.3 is 0 Å². The quantitative estimate of drug-likeness (QED) is 0.364. The lowest BCUT2D eigenvalue weighted by Gasteiger charge is -2.22. The smallest absolute Gasteiger partial charge is 0.259 e. The fourth-order valence-corrected chi connectivity index (χ4v) is 4.18. The highest BCUT2D eigenvalue weighted by Crippen LogP contribution is 2.27. The number of methoxy groups -OCH3 is 1. The number of aromatic nitrogens is 3.